The van der Waals surface area contributed by atoms with E-state index in [0.717, 1.165) is 17.0 Å². The van der Waals surface area contributed by atoms with Gasteiger partial charge in [0.05, 0.1) is 5.69 Å². The zero-order valence-electron chi connectivity index (χ0n) is 11.8. The van der Waals surface area contributed by atoms with Crippen LogP contribution in [0.25, 0.3) is 0 Å². The van der Waals surface area contributed by atoms with Crippen LogP contribution in [0.3, 0.4) is 0 Å². The van der Waals surface area contributed by atoms with E-state index < -0.39 is 0 Å². The molecule has 1 fully saturated rings. The van der Waals surface area contributed by atoms with Gasteiger partial charge in [-0.25, -0.2) is 4.39 Å². The van der Waals surface area contributed by atoms with Crippen LogP contribution in [0.15, 0.2) is 42.6 Å². The molecule has 1 atom stereocenters. The number of benzene rings is 1. The highest BCUT2D eigenvalue weighted by Gasteiger charge is 2.31. The molecule has 2 aromatic rings. The van der Waals surface area contributed by atoms with Crippen LogP contribution >= 0.6 is 11.8 Å². The number of rotatable bonds is 3. The lowest BCUT2D eigenvalue weighted by molar-refractivity contribution is -0.132. The van der Waals surface area contributed by atoms with E-state index in [1.54, 1.807) is 23.9 Å². The Morgan fingerprint density at radius 1 is 1.29 bits per heavy atom. The summed E-state index contributed by atoms with van der Waals surface area (Å²) in [5, 5.41) is 0.0244. The van der Waals surface area contributed by atoms with E-state index in [4.69, 9.17) is 0 Å². The number of aryl methyl sites for hydroxylation is 1. The van der Waals surface area contributed by atoms with Gasteiger partial charge >= 0.3 is 0 Å². The van der Waals surface area contributed by atoms with Gasteiger partial charge in [0, 0.05) is 32.0 Å². The summed E-state index contributed by atoms with van der Waals surface area (Å²) in [4.78, 5) is 14.2. The van der Waals surface area contributed by atoms with E-state index in [9.17, 15) is 9.18 Å². The van der Waals surface area contributed by atoms with Crippen molar-refractivity contribution in [2.45, 2.75) is 18.3 Å². The average molecular weight is 304 g/mol. The molecule has 1 aromatic carbocycles. The molecule has 1 aromatic heterocycles. The monoisotopic (exact) mass is 304 g/mol. The normalized spacial score (nSPS) is 19.0. The molecule has 1 aliphatic rings. The molecule has 0 radical (unpaired) electrons. The van der Waals surface area contributed by atoms with Crippen molar-refractivity contribution in [2.75, 3.05) is 5.75 Å². The zero-order chi connectivity index (χ0) is 14.8. The third-order valence-corrected chi connectivity index (χ3v) is 4.95. The van der Waals surface area contributed by atoms with Gasteiger partial charge in [0.1, 0.15) is 11.2 Å². The highest BCUT2D eigenvalue weighted by Crippen LogP contribution is 2.38. The summed E-state index contributed by atoms with van der Waals surface area (Å²) in [6, 6.07) is 10.4. The Morgan fingerprint density at radius 3 is 2.71 bits per heavy atom. The smallest absolute Gasteiger partial charge is 0.224 e. The van der Waals surface area contributed by atoms with Crippen molar-refractivity contribution in [3.8, 4) is 0 Å². The Hall–Kier alpha value is -1.75. The molecule has 110 valence electrons. The van der Waals surface area contributed by atoms with Gasteiger partial charge in [-0.15, -0.1) is 11.8 Å². The highest BCUT2D eigenvalue weighted by atomic mass is 32.2. The molecule has 0 spiro atoms. The van der Waals surface area contributed by atoms with E-state index in [0.29, 0.717) is 13.0 Å². The fraction of sp³-hybridized carbons (Fsp3) is 0.312. The Labute approximate surface area is 127 Å². The average Bonchev–Trinajstić information content (AvgIpc) is 2.89. The van der Waals surface area contributed by atoms with Crippen LogP contribution < -0.4 is 0 Å². The fourth-order valence-corrected chi connectivity index (χ4v) is 3.86. The van der Waals surface area contributed by atoms with Gasteiger partial charge in [-0.3, -0.25) is 4.79 Å². The van der Waals surface area contributed by atoms with Gasteiger partial charge in [0.15, 0.2) is 0 Å². The first-order valence-corrected chi connectivity index (χ1v) is 7.97. The van der Waals surface area contributed by atoms with E-state index in [2.05, 4.69) is 0 Å². The van der Waals surface area contributed by atoms with Crippen molar-refractivity contribution in [2.24, 2.45) is 7.05 Å². The maximum Gasteiger partial charge on any atom is 0.224 e. The molecule has 1 unspecified atom stereocenters. The first-order valence-electron chi connectivity index (χ1n) is 6.92. The number of carbonyl (C=O) groups is 1. The second-order valence-electron chi connectivity index (χ2n) is 5.17. The van der Waals surface area contributed by atoms with Crippen LogP contribution in [0.4, 0.5) is 4.39 Å². The summed E-state index contributed by atoms with van der Waals surface area (Å²) in [6.07, 6.45) is 2.55. The Kier molecular flexibility index (Phi) is 4.01. The van der Waals surface area contributed by atoms with E-state index in [1.807, 2.05) is 34.8 Å². The van der Waals surface area contributed by atoms with Gasteiger partial charge in [0.25, 0.3) is 0 Å². The van der Waals surface area contributed by atoms with Crippen LogP contribution in [0, 0.1) is 5.82 Å². The highest BCUT2D eigenvalue weighted by molar-refractivity contribution is 7.99. The molecule has 0 bridgehead atoms. The minimum atomic E-state index is -0.253. The number of hydrogen-bond donors (Lipinski definition) is 0. The van der Waals surface area contributed by atoms with E-state index in [-0.39, 0.29) is 17.1 Å². The standard InChI is InChI=1S/C16H17FN2OS/c1-18-9-2-3-14(18)16-19(15(20)8-10-21-16)11-12-4-6-13(17)7-5-12/h2-7,9,16H,8,10-11H2,1H3. The second kappa shape index (κ2) is 5.93. The molecule has 1 aliphatic heterocycles. The second-order valence-corrected chi connectivity index (χ2v) is 6.35. The van der Waals surface area contributed by atoms with Crippen LogP contribution in [0.2, 0.25) is 0 Å². The lowest BCUT2D eigenvalue weighted by atomic mass is 10.2. The first-order chi connectivity index (χ1) is 10.1. The van der Waals surface area contributed by atoms with E-state index >= 15 is 0 Å². The molecule has 21 heavy (non-hydrogen) atoms. The summed E-state index contributed by atoms with van der Waals surface area (Å²) in [7, 11) is 1.99. The summed E-state index contributed by atoms with van der Waals surface area (Å²) >= 11 is 1.78. The Balaban J connectivity index is 1.86. The predicted molar refractivity (Wildman–Crippen MR) is 82.2 cm³/mol. The molecular weight excluding hydrogens is 287 g/mol. The van der Waals surface area contributed by atoms with Crippen molar-refractivity contribution in [3.63, 3.8) is 0 Å². The summed E-state index contributed by atoms with van der Waals surface area (Å²) in [6.45, 7) is 0.516. The number of aromatic nitrogens is 1. The van der Waals surface area contributed by atoms with Crippen LogP contribution in [0.5, 0.6) is 0 Å². The molecule has 2 heterocycles. The van der Waals surface area contributed by atoms with Crippen molar-refractivity contribution in [3.05, 3.63) is 59.7 Å². The number of halogens is 1. The van der Waals surface area contributed by atoms with Gasteiger partial charge in [-0.2, -0.15) is 0 Å². The number of thioether (sulfide) groups is 1. The molecule has 5 heteroatoms. The Bertz CT molecular complexity index is 638. The van der Waals surface area contributed by atoms with Gasteiger partial charge in [-0.05, 0) is 29.8 Å². The van der Waals surface area contributed by atoms with Crippen LogP contribution in [0.1, 0.15) is 23.1 Å². The third-order valence-electron chi connectivity index (χ3n) is 3.70. The van der Waals surface area contributed by atoms with Crippen molar-refractivity contribution >= 4 is 17.7 Å². The lowest BCUT2D eigenvalue weighted by Gasteiger charge is -2.35. The van der Waals surface area contributed by atoms with Crippen molar-refractivity contribution < 1.29 is 9.18 Å². The summed E-state index contributed by atoms with van der Waals surface area (Å²) in [5.74, 6) is 0.746. The SMILES string of the molecule is Cn1cccc1C1SCCC(=O)N1Cc1ccc(F)cc1. The third kappa shape index (κ3) is 2.97. The topological polar surface area (TPSA) is 25.2 Å². The maximum absolute atomic E-state index is 13.0. The number of amides is 1. The molecule has 1 saturated heterocycles. The lowest BCUT2D eigenvalue weighted by Crippen LogP contribution is -2.37. The van der Waals surface area contributed by atoms with Crippen LogP contribution in [-0.2, 0) is 18.4 Å². The Morgan fingerprint density at radius 2 is 2.05 bits per heavy atom. The largest absolute Gasteiger partial charge is 0.352 e. The molecule has 0 aliphatic carbocycles. The number of hydrogen-bond acceptors (Lipinski definition) is 2. The van der Waals surface area contributed by atoms with Crippen LogP contribution in [-0.4, -0.2) is 21.1 Å². The molecule has 0 saturated carbocycles. The fourth-order valence-electron chi connectivity index (χ4n) is 2.56. The first kappa shape index (κ1) is 14.2. The molecule has 3 nitrogen and oxygen atoms in total. The van der Waals surface area contributed by atoms with Gasteiger partial charge in [0.2, 0.25) is 5.91 Å². The molecule has 1 amide bonds. The van der Waals surface area contributed by atoms with Crippen molar-refractivity contribution in [1.29, 1.82) is 0 Å². The van der Waals surface area contributed by atoms with E-state index in [1.165, 1.54) is 12.1 Å². The minimum Gasteiger partial charge on any atom is -0.352 e. The minimum absolute atomic E-state index is 0.0244. The van der Waals surface area contributed by atoms with Crippen molar-refractivity contribution in [1.82, 2.24) is 9.47 Å². The molecule has 0 N–H and O–H groups in total. The predicted octanol–water partition coefficient (Wildman–Crippen LogP) is 3.33. The quantitative estimate of drug-likeness (QED) is 0.869. The molecular formula is C16H17FN2OS. The van der Waals surface area contributed by atoms with Gasteiger partial charge < -0.3 is 9.47 Å². The number of nitrogens with zero attached hydrogens (tertiary/aromatic N) is 2. The number of carbonyl (C=O) groups excluding carboxylic acids is 1. The summed E-state index contributed by atoms with van der Waals surface area (Å²) in [5.41, 5.74) is 2.07. The summed E-state index contributed by atoms with van der Waals surface area (Å²) < 4.78 is 15.1. The zero-order valence-corrected chi connectivity index (χ0v) is 12.6. The maximum atomic E-state index is 13.0. The molecule has 3 rings (SSSR count). The van der Waals surface area contributed by atoms with Gasteiger partial charge in [-0.1, -0.05) is 12.1 Å².